The Labute approximate surface area is 429 Å². The van der Waals surface area contributed by atoms with E-state index in [0.29, 0.717) is 19.3 Å². The van der Waals surface area contributed by atoms with E-state index in [0.717, 1.165) is 89.9 Å². The minimum Gasteiger partial charge on any atom is -0.477 e. The van der Waals surface area contributed by atoms with Crippen molar-refractivity contribution in [3.63, 3.8) is 0 Å². The van der Waals surface area contributed by atoms with Gasteiger partial charge in [-0.2, -0.15) is 0 Å². The average Bonchev–Trinajstić information content (AvgIpc) is 3.33. The summed E-state index contributed by atoms with van der Waals surface area (Å²) in [6.45, 7) is 4.45. The number of esters is 2. The molecule has 0 aliphatic carbocycles. The van der Waals surface area contributed by atoms with Crippen LogP contribution in [0.5, 0.6) is 0 Å². The second-order valence-electron chi connectivity index (χ2n) is 19.1. The number of carbonyl (C=O) groups is 3. The number of unbranched alkanes of at least 4 members (excludes halogenated alkanes) is 14. The predicted molar refractivity (Wildman–Crippen MR) is 298 cm³/mol. The number of rotatable bonds is 48. The van der Waals surface area contributed by atoms with Crippen molar-refractivity contribution in [1.82, 2.24) is 0 Å². The molecule has 0 saturated heterocycles. The number of hydrogen-bond acceptors (Lipinski definition) is 6. The van der Waals surface area contributed by atoms with Gasteiger partial charge >= 0.3 is 17.9 Å². The lowest BCUT2D eigenvalue weighted by atomic mass is 10.0. The lowest BCUT2D eigenvalue weighted by molar-refractivity contribution is -0.887. The highest BCUT2D eigenvalue weighted by molar-refractivity contribution is 5.72. The zero-order valence-electron chi connectivity index (χ0n) is 45.2. The van der Waals surface area contributed by atoms with Gasteiger partial charge in [0.1, 0.15) is 6.61 Å². The monoisotopic (exact) mass is 973 g/mol. The number of aliphatic carboxylic acids is 1. The van der Waals surface area contributed by atoms with Gasteiger partial charge in [-0.15, -0.1) is 0 Å². The molecule has 70 heavy (non-hydrogen) atoms. The smallest absolute Gasteiger partial charge is 0.362 e. The maximum Gasteiger partial charge on any atom is 0.362 e. The molecule has 1 N–H and O–H groups in total. The highest BCUT2D eigenvalue weighted by Crippen LogP contribution is 2.15. The van der Waals surface area contributed by atoms with Crippen molar-refractivity contribution in [2.45, 2.75) is 212 Å². The molecule has 0 saturated carbocycles. The molecule has 0 aliphatic rings. The topological polar surface area (TPSA) is 99.1 Å². The van der Waals surface area contributed by atoms with Crippen molar-refractivity contribution in [3.05, 3.63) is 122 Å². The van der Waals surface area contributed by atoms with Gasteiger partial charge < -0.3 is 23.8 Å². The SMILES string of the molecule is CC/C=C/C/C=C/C/C=C/C/C=C/C/C=C/C/C=C/C/C=C/CCCC(=O)OC(COCCC(C(=O)O)[N+](C)(C)C)COC(=O)CCCCCCCCCCCCCCC/C=C/C/C=C/C/C=C/CC. The van der Waals surface area contributed by atoms with Crippen LogP contribution < -0.4 is 0 Å². The second-order valence-corrected chi connectivity index (χ2v) is 19.1. The molecule has 0 aromatic heterocycles. The van der Waals surface area contributed by atoms with Gasteiger partial charge in [0.2, 0.25) is 0 Å². The summed E-state index contributed by atoms with van der Waals surface area (Å²) in [6, 6.07) is -0.633. The van der Waals surface area contributed by atoms with Crippen LogP contribution in [0.2, 0.25) is 0 Å². The highest BCUT2D eigenvalue weighted by Gasteiger charge is 2.31. The maximum absolute atomic E-state index is 12.8. The van der Waals surface area contributed by atoms with Crippen LogP contribution in [-0.2, 0) is 28.6 Å². The van der Waals surface area contributed by atoms with Crippen molar-refractivity contribution >= 4 is 17.9 Å². The van der Waals surface area contributed by atoms with Gasteiger partial charge in [0, 0.05) is 19.3 Å². The van der Waals surface area contributed by atoms with Gasteiger partial charge in [-0.05, 0) is 96.3 Å². The number of ether oxygens (including phenoxy) is 3. The van der Waals surface area contributed by atoms with Crippen molar-refractivity contribution < 1.29 is 38.2 Å². The number of nitrogens with zero attached hydrogens (tertiary/aromatic N) is 1. The van der Waals surface area contributed by atoms with Gasteiger partial charge in [-0.3, -0.25) is 9.59 Å². The molecular weight excluding hydrogens is 871 g/mol. The number of hydrogen-bond donors (Lipinski definition) is 1. The zero-order chi connectivity index (χ0) is 51.3. The van der Waals surface area contributed by atoms with Crippen LogP contribution >= 0.6 is 0 Å². The quantitative estimate of drug-likeness (QED) is 0.0281. The average molecular weight is 973 g/mol. The molecule has 2 atom stereocenters. The van der Waals surface area contributed by atoms with Crippen molar-refractivity contribution in [1.29, 1.82) is 0 Å². The van der Waals surface area contributed by atoms with E-state index >= 15 is 0 Å². The normalized spacial score (nSPS) is 13.8. The second kappa shape index (κ2) is 51.1. The van der Waals surface area contributed by atoms with Crippen LogP contribution in [0.15, 0.2) is 122 Å². The standard InChI is InChI=1S/C62H101NO7/c1-6-8-10-12-14-16-18-20-22-24-26-28-30-32-34-36-38-40-42-44-46-48-50-52-60(64)69-57-58(56-68-55-54-59(62(66)67)63(3,4)5)70-61(65)53-51-49-47-45-43-41-39-37-35-33-31-29-27-25-23-21-19-17-15-13-11-9-7-2/h8-11,14-17,20-23,27,29,33,35,39,41,45,47,58-59H,6-7,12-13,18-19,24-26,28,30-32,34,36-38,40,42-44,46,48-57H2,1-5H3/p+1/b10-8+,11-9+,16-14+,17-15+,22-20+,23-21+,29-27+,35-33+,41-39+,47-45+. The first-order valence-electron chi connectivity index (χ1n) is 27.6. The Morgan fingerprint density at radius 2 is 0.771 bits per heavy atom. The first-order valence-corrected chi connectivity index (χ1v) is 27.6. The number of quaternary nitrogens is 1. The number of allylic oxidation sites excluding steroid dienone is 20. The minimum absolute atomic E-state index is 0.0304. The molecule has 0 aromatic carbocycles. The van der Waals surface area contributed by atoms with E-state index in [9.17, 15) is 19.5 Å². The van der Waals surface area contributed by atoms with Crippen LogP contribution in [0.3, 0.4) is 0 Å². The van der Waals surface area contributed by atoms with Crippen LogP contribution in [-0.4, -0.2) is 80.6 Å². The van der Waals surface area contributed by atoms with Crippen LogP contribution in [0.25, 0.3) is 0 Å². The third-order valence-corrected chi connectivity index (χ3v) is 11.6. The number of carboxylic acid groups (broad SMARTS) is 1. The summed E-state index contributed by atoms with van der Waals surface area (Å²) in [5.41, 5.74) is 0. The van der Waals surface area contributed by atoms with Gasteiger partial charge in [0.15, 0.2) is 12.1 Å². The largest absolute Gasteiger partial charge is 0.477 e. The molecule has 0 amide bonds. The molecule has 0 bridgehead atoms. The summed E-state index contributed by atoms with van der Waals surface area (Å²) in [7, 11) is 5.51. The highest BCUT2D eigenvalue weighted by atomic mass is 16.6. The Morgan fingerprint density at radius 1 is 0.429 bits per heavy atom. The van der Waals surface area contributed by atoms with Crippen molar-refractivity contribution in [3.8, 4) is 0 Å². The molecule has 0 spiro atoms. The summed E-state index contributed by atoms with van der Waals surface area (Å²) in [6.07, 6.45) is 72.7. The van der Waals surface area contributed by atoms with E-state index in [1.165, 1.54) is 70.6 Å². The van der Waals surface area contributed by atoms with Gasteiger partial charge in [0.05, 0.1) is 34.4 Å². The molecule has 8 heteroatoms. The molecule has 0 aliphatic heterocycles. The Hall–Kier alpha value is -4.27. The first-order chi connectivity index (χ1) is 34.1. The summed E-state index contributed by atoms with van der Waals surface area (Å²) in [5, 5.41) is 9.67. The molecule has 0 radical (unpaired) electrons. The van der Waals surface area contributed by atoms with Gasteiger partial charge in [0.25, 0.3) is 0 Å². The fourth-order valence-corrected chi connectivity index (χ4v) is 7.45. The first kappa shape index (κ1) is 65.7. The minimum atomic E-state index is -0.888. The molecule has 0 fully saturated rings. The van der Waals surface area contributed by atoms with Gasteiger partial charge in [-0.1, -0.05) is 206 Å². The fraction of sp³-hybridized carbons (Fsp3) is 0.629. The maximum atomic E-state index is 12.8. The summed E-state index contributed by atoms with van der Waals surface area (Å²) in [5.74, 6) is -1.56. The lowest BCUT2D eigenvalue weighted by Crippen LogP contribution is -2.50. The van der Waals surface area contributed by atoms with Crippen molar-refractivity contribution in [2.75, 3.05) is 41.0 Å². The molecule has 396 valence electrons. The predicted octanol–water partition coefficient (Wildman–Crippen LogP) is 16.5. The van der Waals surface area contributed by atoms with Crippen LogP contribution in [0.4, 0.5) is 0 Å². The number of carboxylic acids is 1. The molecule has 8 nitrogen and oxygen atoms in total. The summed E-state index contributed by atoms with van der Waals surface area (Å²) in [4.78, 5) is 37.2. The van der Waals surface area contributed by atoms with E-state index in [4.69, 9.17) is 14.2 Å². The van der Waals surface area contributed by atoms with Gasteiger partial charge in [-0.25, -0.2) is 4.79 Å². The van der Waals surface area contributed by atoms with E-state index in [-0.39, 0.29) is 42.7 Å². The lowest BCUT2D eigenvalue weighted by Gasteiger charge is -2.31. The zero-order valence-corrected chi connectivity index (χ0v) is 45.2. The van der Waals surface area contributed by atoms with Crippen LogP contribution in [0, 0.1) is 0 Å². The molecule has 0 rings (SSSR count). The Kier molecular flexibility index (Phi) is 48.0. The fourth-order valence-electron chi connectivity index (χ4n) is 7.45. The Morgan fingerprint density at radius 3 is 1.16 bits per heavy atom. The van der Waals surface area contributed by atoms with Crippen LogP contribution in [0.1, 0.15) is 200 Å². The van der Waals surface area contributed by atoms with E-state index in [2.05, 4.69) is 135 Å². The Balaban J connectivity index is 4.32. The van der Waals surface area contributed by atoms with Crippen molar-refractivity contribution in [2.24, 2.45) is 0 Å². The molecular formula is C62H102NO7+. The summed E-state index contributed by atoms with van der Waals surface area (Å²) >= 11 is 0. The number of likely N-dealkylation sites (N-methyl/N-ethyl adjacent to an activating group) is 1. The van der Waals surface area contributed by atoms with E-state index in [1.54, 1.807) is 0 Å². The Bertz CT molecular complexity index is 1550. The van der Waals surface area contributed by atoms with E-state index in [1.807, 2.05) is 21.1 Å². The third kappa shape index (κ3) is 48.7. The summed E-state index contributed by atoms with van der Waals surface area (Å²) < 4.78 is 17.3. The van der Waals surface area contributed by atoms with E-state index < -0.39 is 18.1 Å². The molecule has 0 aromatic rings. The molecule has 0 heterocycles. The molecule has 2 unspecified atom stereocenters. The number of carbonyl (C=O) groups excluding carboxylic acids is 2. The third-order valence-electron chi connectivity index (χ3n) is 11.6.